The molecular weight excluding hydrogens is 398 g/mol. The number of fused-ring (bicyclic) bond motifs is 1. The number of amides is 1. The van der Waals surface area contributed by atoms with Gasteiger partial charge in [0, 0.05) is 21.2 Å². The van der Waals surface area contributed by atoms with Crippen molar-refractivity contribution in [3.8, 4) is 0 Å². The molecule has 6 aromatic rings. The number of benzene rings is 5. The lowest BCUT2D eigenvalue weighted by Crippen LogP contribution is -2.11. The molecule has 2 nitrogen and oxygen atoms in total. The van der Waals surface area contributed by atoms with Gasteiger partial charge in [0.2, 0.25) is 0 Å². The topological polar surface area (TPSA) is 29.1 Å². The molecule has 4 heteroatoms. The molecule has 0 aliphatic rings. The summed E-state index contributed by atoms with van der Waals surface area (Å²) in [5.41, 5.74) is 0.800. The van der Waals surface area contributed by atoms with Crippen LogP contribution >= 0.6 is 22.9 Å². The summed E-state index contributed by atoms with van der Waals surface area (Å²) in [5, 5.41) is 11.6. The highest BCUT2D eigenvalue weighted by Crippen LogP contribution is 2.39. The maximum Gasteiger partial charge on any atom is 0.267 e. The zero-order valence-electron chi connectivity index (χ0n) is 15.2. The van der Waals surface area contributed by atoms with E-state index in [1.807, 2.05) is 30.3 Å². The predicted molar refractivity (Wildman–Crippen MR) is 125 cm³/mol. The van der Waals surface area contributed by atoms with Gasteiger partial charge in [0.1, 0.15) is 4.88 Å². The van der Waals surface area contributed by atoms with Crippen LogP contribution in [0.15, 0.2) is 78.9 Å². The van der Waals surface area contributed by atoms with Gasteiger partial charge < -0.3 is 5.32 Å². The molecule has 1 aromatic heterocycles. The van der Waals surface area contributed by atoms with Gasteiger partial charge in [-0.05, 0) is 39.1 Å². The number of anilines is 1. The third-order valence-electron chi connectivity index (χ3n) is 5.52. The Morgan fingerprint density at radius 3 is 2.21 bits per heavy atom. The van der Waals surface area contributed by atoms with Crippen molar-refractivity contribution in [3.63, 3.8) is 0 Å². The number of thiophene rings is 1. The maximum absolute atomic E-state index is 13.1. The van der Waals surface area contributed by atoms with E-state index in [0.717, 1.165) is 21.2 Å². The second kappa shape index (κ2) is 6.18. The van der Waals surface area contributed by atoms with Gasteiger partial charge in [-0.1, -0.05) is 78.3 Å². The minimum atomic E-state index is -0.175. The molecule has 6 rings (SSSR count). The standard InChI is InChI=1S/C25H14ClNOS/c26-23-18-6-1-2-7-20(18)29-24(23)25(28)27-19-13-11-16-9-8-14-4-3-5-15-10-12-17(19)22(16)21(14)15/h1-13H,(H,27,28). The largest absolute Gasteiger partial charge is 0.321 e. The van der Waals surface area contributed by atoms with E-state index < -0.39 is 0 Å². The first-order valence-electron chi connectivity index (χ1n) is 9.35. The predicted octanol–water partition coefficient (Wildman–Crippen LogP) is 7.70. The number of hydrogen-bond donors (Lipinski definition) is 1. The highest BCUT2D eigenvalue weighted by atomic mass is 35.5. The molecule has 1 heterocycles. The summed E-state index contributed by atoms with van der Waals surface area (Å²) in [5.74, 6) is -0.175. The van der Waals surface area contributed by atoms with E-state index in [-0.39, 0.29) is 5.91 Å². The second-order valence-electron chi connectivity index (χ2n) is 7.16. The highest BCUT2D eigenvalue weighted by molar-refractivity contribution is 7.21. The van der Waals surface area contributed by atoms with Crippen LogP contribution in [0.25, 0.3) is 42.4 Å². The lowest BCUT2D eigenvalue weighted by Gasteiger charge is -2.14. The van der Waals surface area contributed by atoms with Gasteiger partial charge in [-0.3, -0.25) is 4.79 Å². The van der Waals surface area contributed by atoms with Gasteiger partial charge in [0.15, 0.2) is 0 Å². The Labute approximate surface area is 175 Å². The third kappa shape index (κ3) is 2.45. The molecule has 0 saturated carbocycles. The van der Waals surface area contributed by atoms with E-state index in [9.17, 15) is 4.79 Å². The summed E-state index contributed by atoms with van der Waals surface area (Å²) in [4.78, 5) is 13.6. The molecule has 0 bridgehead atoms. The van der Waals surface area contributed by atoms with Gasteiger partial charge in [0.05, 0.1) is 5.02 Å². The minimum Gasteiger partial charge on any atom is -0.321 e. The molecule has 0 fully saturated rings. The first kappa shape index (κ1) is 16.8. The number of carbonyl (C=O) groups excluding carboxylic acids is 1. The summed E-state index contributed by atoms with van der Waals surface area (Å²) in [6, 6.07) is 26.7. The lowest BCUT2D eigenvalue weighted by atomic mass is 9.93. The van der Waals surface area contributed by atoms with Crippen LogP contribution in [0.4, 0.5) is 5.69 Å². The molecule has 138 valence electrons. The molecule has 0 unspecified atom stereocenters. The van der Waals surface area contributed by atoms with E-state index in [1.165, 1.54) is 38.3 Å². The van der Waals surface area contributed by atoms with Gasteiger partial charge in [0.25, 0.3) is 5.91 Å². The quantitative estimate of drug-likeness (QED) is 0.290. The summed E-state index contributed by atoms with van der Waals surface area (Å²) in [6.45, 7) is 0. The van der Waals surface area contributed by atoms with E-state index >= 15 is 0 Å². The first-order chi connectivity index (χ1) is 14.2. The Morgan fingerprint density at radius 2 is 1.41 bits per heavy atom. The summed E-state index contributed by atoms with van der Waals surface area (Å²) in [6.07, 6.45) is 0. The molecule has 0 atom stereocenters. The first-order valence-corrected chi connectivity index (χ1v) is 10.5. The zero-order valence-corrected chi connectivity index (χ0v) is 16.8. The van der Waals surface area contributed by atoms with Crippen LogP contribution in [0.1, 0.15) is 9.67 Å². The van der Waals surface area contributed by atoms with Crippen molar-refractivity contribution in [3.05, 3.63) is 88.8 Å². The van der Waals surface area contributed by atoms with Crippen LogP contribution in [0, 0.1) is 0 Å². The molecule has 0 aliphatic carbocycles. The van der Waals surface area contributed by atoms with Crippen LogP contribution in [0.3, 0.4) is 0 Å². The van der Waals surface area contributed by atoms with Gasteiger partial charge >= 0.3 is 0 Å². The SMILES string of the molecule is O=C(Nc1ccc2ccc3cccc4ccc1c2c34)c1sc2ccccc2c1Cl. The number of hydrogen-bond acceptors (Lipinski definition) is 2. The van der Waals surface area contributed by atoms with E-state index in [2.05, 4.69) is 53.8 Å². The smallest absolute Gasteiger partial charge is 0.267 e. The molecule has 5 aromatic carbocycles. The molecule has 0 spiro atoms. The molecular formula is C25H14ClNOS. The Kier molecular flexibility index (Phi) is 3.58. The number of nitrogens with one attached hydrogen (secondary N) is 1. The average Bonchev–Trinajstić information content (AvgIpc) is 3.10. The van der Waals surface area contributed by atoms with Crippen molar-refractivity contribution >= 4 is 76.9 Å². The summed E-state index contributed by atoms with van der Waals surface area (Å²) >= 11 is 7.93. The van der Waals surface area contributed by atoms with Crippen LogP contribution in [0.5, 0.6) is 0 Å². The van der Waals surface area contributed by atoms with Crippen LogP contribution < -0.4 is 5.32 Å². The number of rotatable bonds is 2. The summed E-state index contributed by atoms with van der Waals surface area (Å²) in [7, 11) is 0. The van der Waals surface area contributed by atoms with Crippen LogP contribution in [-0.4, -0.2) is 5.91 Å². The van der Waals surface area contributed by atoms with Crippen LogP contribution in [0.2, 0.25) is 5.02 Å². The van der Waals surface area contributed by atoms with Gasteiger partial charge in [-0.15, -0.1) is 11.3 Å². The van der Waals surface area contributed by atoms with Crippen molar-refractivity contribution in [2.24, 2.45) is 0 Å². The fraction of sp³-hybridized carbons (Fsp3) is 0. The van der Waals surface area contributed by atoms with E-state index in [4.69, 9.17) is 11.6 Å². The Balaban J connectivity index is 1.52. The molecule has 0 radical (unpaired) electrons. The Morgan fingerprint density at radius 1 is 0.724 bits per heavy atom. The fourth-order valence-corrected chi connectivity index (χ4v) is 5.60. The van der Waals surface area contributed by atoms with Crippen molar-refractivity contribution in [1.29, 1.82) is 0 Å². The summed E-state index contributed by atoms with van der Waals surface area (Å²) < 4.78 is 1.01. The van der Waals surface area contributed by atoms with Crippen molar-refractivity contribution in [1.82, 2.24) is 0 Å². The Hall–Kier alpha value is -3.14. The molecule has 1 amide bonds. The molecule has 29 heavy (non-hydrogen) atoms. The third-order valence-corrected chi connectivity index (χ3v) is 7.19. The van der Waals surface area contributed by atoms with Crippen LogP contribution in [-0.2, 0) is 0 Å². The maximum atomic E-state index is 13.1. The van der Waals surface area contributed by atoms with Gasteiger partial charge in [-0.2, -0.15) is 0 Å². The number of halogens is 1. The fourth-order valence-electron chi connectivity index (χ4n) is 4.18. The van der Waals surface area contributed by atoms with E-state index in [1.54, 1.807) is 0 Å². The molecule has 1 N–H and O–H groups in total. The Bertz CT molecular complexity index is 1550. The normalized spacial score (nSPS) is 11.8. The molecule has 0 aliphatic heterocycles. The van der Waals surface area contributed by atoms with E-state index in [0.29, 0.717) is 9.90 Å². The molecule has 0 saturated heterocycles. The highest BCUT2D eigenvalue weighted by Gasteiger charge is 2.18. The lowest BCUT2D eigenvalue weighted by molar-refractivity contribution is 0.103. The van der Waals surface area contributed by atoms with Crippen molar-refractivity contribution < 1.29 is 4.79 Å². The number of carbonyl (C=O) groups is 1. The second-order valence-corrected chi connectivity index (χ2v) is 8.59. The monoisotopic (exact) mass is 411 g/mol. The zero-order chi connectivity index (χ0) is 19.5. The van der Waals surface area contributed by atoms with Crippen molar-refractivity contribution in [2.45, 2.75) is 0 Å². The average molecular weight is 412 g/mol. The van der Waals surface area contributed by atoms with Crippen molar-refractivity contribution in [2.75, 3.05) is 5.32 Å². The van der Waals surface area contributed by atoms with Gasteiger partial charge in [-0.25, -0.2) is 0 Å². The minimum absolute atomic E-state index is 0.175.